The summed E-state index contributed by atoms with van der Waals surface area (Å²) in [5, 5.41) is 3.18. The summed E-state index contributed by atoms with van der Waals surface area (Å²) in [5.41, 5.74) is 1.17. The standard InChI is InChI=1S/C19H23ClN2O4/c1-4-9-26-17-15(20)10-14(11-16(17)25-5-2)18(23)22-12-13-7-6-8-21-19(13)24-3/h6-8,10-11H,4-5,9,12H2,1-3H3,(H,22,23). The average Bonchev–Trinajstić information content (AvgIpc) is 2.65. The molecule has 0 fully saturated rings. The van der Waals surface area contributed by atoms with E-state index in [9.17, 15) is 4.79 Å². The fourth-order valence-corrected chi connectivity index (χ4v) is 2.59. The molecule has 0 radical (unpaired) electrons. The van der Waals surface area contributed by atoms with Gasteiger partial charge in [-0.1, -0.05) is 24.6 Å². The van der Waals surface area contributed by atoms with Gasteiger partial charge in [-0.3, -0.25) is 4.79 Å². The van der Waals surface area contributed by atoms with Gasteiger partial charge in [-0.05, 0) is 31.5 Å². The van der Waals surface area contributed by atoms with Crippen LogP contribution >= 0.6 is 11.6 Å². The number of carbonyl (C=O) groups is 1. The molecule has 0 bridgehead atoms. The molecule has 1 N–H and O–H groups in total. The molecule has 26 heavy (non-hydrogen) atoms. The zero-order valence-electron chi connectivity index (χ0n) is 15.2. The monoisotopic (exact) mass is 378 g/mol. The third-order valence-corrected chi connectivity index (χ3v) is 3.79. The highest BCUT2D eigenvalue weighted by Crippen LogP contribution is 2.36. The van der Waals surface area contributed by atoms with E-state index < -0.39 is 0 Å². The van der Waals surface area contributed by atoms with Gasteiger partial charge in [-0.2, -0.15) is 0 Å². The van der Waals surface area contributed by atoms with E-state index in [0.29, 0.717) is 41.2 Å². The Kier molecular flexibility index (Phi) is 7.53. The summed E-state index contributed by atoms with van der Waals surface area (Å²) >= 11 is 6.30. The predicted octanol–water partition coefficient (Wildman–Crippen LogP) is 3.86. The second-order valence-corrected chi connectivity index (χ2v) is 5.83. The lowest BCUT2D eigenvalue weighted by Gasteiger charge is -2.15. The van der Waals surface area contributed by atoms with Gasteiger partial charge in [0.1, 0.15) is 0 Å². The Labute approximate surface area is 158 Å². The topological polar surface area (TPSA) is 69.7 Å². The maximum absolute atomic E-state index is 12.5. The maximum atomic E-state index is 12.5. The number of carbonyl (C=O) groups excluding carboxylic acids is 1. The summed E-state index contributed by atoms with van der Waals surface area (Å²) in [6.45, 7) is 5.11. The number of aromatic nitrogens is 1. The molecule has 1 amide bonds. The van der Waals surface area contributed by atoms with Crippen LogP contribution in [0.4, 0.5) is 0 Å². The summed E-state index contributed by atoms with van der Waals surface area (Å²) in [6.07, 6.45) is 2.48. The summed E-state index contributed by atoms with van der Waals surface area (Å²) < 4.78 is 16.4. The van der Waals surface area contributed by atoms with Crippen molar-refractivity contribution in [3.8, 4) is 17.4 Å². The average molecular weight is 379 g/mol. The Morgan fingerprint density at radius 2 is 2.08 bits per heavy atom. The van der Waals surface area contributed by atoms with Crippen LogP contribution in [0.15, 0.2) is 30.5 Å². The molecule has 0 unspecified atom stereocenters. The second-order valence-electron chi connectivity index (χ2n) is 5.42. The molecule has 7 heteroatoms. The van der Waals surface area contributed by atoms with Crippen molar-refractivity contribution in [2.75, 3.05) is 20.3 Å². The number of pyridine rings is 1. The lowest BCUT2D eigenvalue weighted by molar-refractivity contribution is 0.0950. The number of benzene rings is 1. The van der Waals surface area contributed by atoms with Crippen LogP contribution in [0.3, 0.4) is 0 Å². The molecule has 0 aliphatic heterocycles. The van der Waals surface area contributed by atoms with Crippen molar-refractivity contribution in [1.29, 1.82) is 0 Å². The van der Waals surface area contributed by atoms with Gasteiger partial charge in [0, 0.05) is 23.9 Å². The SMILES string of the molecule is CCCOc1c(Cl)cc(C(=O)NCc2cccnc2OC)cc1OCC. The molecule has 0 aliphatic rings. The first-order valence-electron chi connectivity index (χ1n) is 8.45. The molecule has 1 heterocycles. The van der Waals surface area contributed by atoms with Crippen molar-refractivity contribution >= 4 is 17.5 Å². The molecular formula is C19H23ClN2O4. The zero-order chi connectivity index (χ0) is 18.9. The Hall–Kier alpha value is -2.47. The van der Waals surface area contributed by atoms with Crippen LogP contribution in [0.5, 0.6) is 17.4 Å². The Morgan fingerprint density at radius 1 is 1.27 bits per heavy atom. The number of nitrogens with one attached hydrogen (secondary N) is 1. The van der Waals surface area contributed by atoms with Gasteiger partial charge in [0.05, 0.1) is 25.3 Å². The molecule has 2 aromatic rings. The fraction of sp³-hybridized carbons (Fsp3) is 0.368. The van der Waals surface area contributed by atoms with Gasteiger partial charge >= 0.3 is 0 Å². The van der Waals surface area contributed by atoms with Gasteiger partial charge in [0.2, 0.25) is 5.88 Å². The Morgan fingerprint density at radius 3 is 2.77 bits per heavy atom. The number of hydrogen-bond acceptors (Lipinski definition) is 5. The second kappa shape index (κ2) is 9.87. The zero-order valence-corrected chi connectivity index (χ0v) is 15.9. The minimum absolute atomic E-state index is 0.277. The van der Waals surface area contributed by atoms with E-state index in [0.717, 1.165) is 12.0 Å². The third-order valence-electron chi connectivity index (χ3n) is 3.50. The highest BCUT2D eigenvalue weighted by Gasteiger charge is 2.16. The van der Waals surface area contributed by atoms with E-state index in [1.165, 1.54) is 7.11 Å². The van der Waals surface area contributed by atoms with Crippen LogP contribution in [0, 0.1) is 0 Å². The van der Waals surface area contributed by atoms with Crippen molar-refractivity contribution < 1.29 is 19.0 Å². The number of ether oxygens (including phenoxy) is 3. The number of nitrogens with zero attached hydrogens (tertiary/aromatic N) is 1. The van der Waals surface area contributed by atoms with E-state index in [1.54, 1.807) is 24.4 Å². The molecule has 0 spiro atoms. The quantitative estimate of drug-likeness (QED) is 0.717. The van der Waals surface area contributed by atoms with E-state index in [1.807, 2.05) is 19.9 Å². The molecule has 0 aliphatic carbocycles. The number of hydrogen-bond donors (Lipinski definition) is 1. The first kappa shape index (κ1) is 19.8. The number of amides is 1. The summed E-state index contributed by atoms with van der Waals surface area (Å²) in [7, 11) is 1.54. The molecule has 0 saturated heterocycles. The number of halogens is 1. The molecule has 2 rings (SSSR count). The van der Waals surface area contributed by atoms with Gasteiger partial charge in [-0.15, -0.1) is 0 Å². The van der Waals surface area contributed by atoms with Crippen LogP contribution in [-0.2, 0) is 6.54 Å². The summed E-state index contributed by atoms with van der Waals surface area (Å²) in [5.74, 6) is 1.11. The first-order chi connectivity index (χ1) is 12.6. The van der Waals surface area contributed by atoms with E-state index in [4.69, 9.17) is 25.8 Å². The Balaban J connectivity index is 2.17. The van der Waals surface area contributed by atoms with Crippen LogP contribution in [0.1, 0.15) is 36.2 Å². The van der Waals surface area contributed by atoms with Gasteiger partial charge in [0.15, 0.2) is 11.5 Å². The molecular weight excluding hydrogens is 356 g/mol. The molecule has 6 nitrogen and oxygen atoms in total. The van der Waals surface area contributed by atoms with Crippen molar-refractivity contribution in [2.45, 2.75) is 26.8 Å². The molecule has 1 aromatic carbocycles. The first-order valence-corrected chi connectivity index (χ1v) is 8.83. The molecule has 0 atom stereocenters. The molecule has 140 valence electrons. The summed E-state index contributed by atoms with van der Waals surface area (Å²) in [6, 6.07) is 6.83. The van der Waals surface area contributed by atoms with Gasteiger partial charge < -0.3 is 19.5 Å². The van der Waals surface area contributed by atoms with Gasteiger partial charge in [0.25, 0.3) is 5.91 Å². The lowest BCUT2D eigenvalue weighted by Crippen LogP contribution is -2.23. The highest BCUT2D eigenvalue weighted by atomic mass is 35.5. The van der Waals surface area contributed by atoms with Crippen molar-refractivity contribution in [2.24, 2.45) is 0 Å². The van der Waals surface area contributed by atoms with Crippen molar-refractivity contribution in [1.82, 2.24) is 10.3 Å². The molecule has 0 saturated carbocycles. The smallest absolute Gasteiger partial charge is 0.251 e. The van der Waals surface area contributed by atoms with Crippen molar-refractivity contribution in [3.05, 3.63) is 46.6 Å². The van der Waals surface area contributed by atoms with E-state index >= 15 is 0 Å². The number of methoxy groups -OCH3 is 1. The fourth-order valence-electron chi connectivity index (χ4n) is 2.33. The van der Waals surface area contributed by atoms with Crippen LogP contribution < -0.4 is 19.5 Å². The van der Waals surface area contributed by atoms with E-state index in [2.05, 4.69) is 10.3 Å². The van der Waals surface area contributed by atoms with Crippen molar-refractivity contribution in [3.63, 3.8) is 0 Å². The van der Waals surface area contributed by atoms with E-state index in [-0.39, 0.29) is 12.5 Å². The summed E-state index contributed by atoms with van der Waals surface area (Å²) in [4.78, 5) is 16.6. The Bertz CT molecular complexity index is 752. The highest BCUT2D eigenvalue weighted by molar-refractivity contribution is 6.32. The normalized spacial score (nSPS) is 10.3. The maximum Gasteiger partial charge on any atom is 0.251 e. The number of rotatable bonds is 9. The minimum Gasteiger partial charge on any atom is -0.490 e. The van der Waals surface area contributed by atoms with Crippen LogP contribution in [0.25, 0.3) is 0 Å². The van der Waals surface area contributed by atoms with Crippen LogP contribution in [0.2, 0.25) is 5.02 Å². The predicted molar refractivity (Wildman–Crippen MR) is 100 cm³/mol. The molecule has 1 aromatic heterocycles. The minimum atomic E-state index is -0.277. The largest absolute Gasteiger partial charge is 0.490 e. The lowest BCUT2D eigenvalue weighted by atomic mass is 10.1. The van der Waals surface area contributed by atoms with Crippen LogP contribution in [-0.4, -0.2) is 31.2 Å². The third kappa shape index (κ3) is 5.02. The van der Waals surface area contributed by atoms with Gasteiger partial charge in [-0.25, -0.2) is 4.98 Å².